The van der Waals surface area contributed by atoms with Crippen molar-refractivity contribution in [2.45, 2.75) is 39.8 Å². The number of nitrogens with two attached hydrogens (primary N) is 1. The number of carboxylic acids is 1. The van der Waals surface area contributed by atoms with Crippen molar-refractivity contribution >= 4 is 5.97 Å². The Morgan fingerprint density at radius 1 is 1.05 bits per heavy atom. The van der Waals surface area contributed by atoms with Crippen LogP contribution in [0.25, 0.3) is 22.3 Å². The number of hydrogen-bond acceptors (Lipinski definition) is 7. The first kappa shape index (κ1) is 25.8. The van der Waals surface area contributed by atoms with Gasteiger partial charge in [0.1, 0.15) is 11.5 Å². The van der Waals surface area contributed by atoms with Crippen LogP contribution in [0.1, 0.15) is 30.4 Å². The van der Waals surface area contributed by atoms with Gasteiger partial charge in [-0.15, -0.1) is 0 Å². The lowest BCUT2D eigenvalue weighted by Gasteiger charge is -2.15. The molecule has 0 amide bonds. The van der Waals surface area contributed by atoms with Gasteiger partial charge in [0.15, 0.2) is 17.7 Å². The number of nitrogens with zero attached hydrogens (tertiary/aromatic N) is 2. The third-order valence-corrected chi connectivity index (χ3v) is 5.70. The van der Waals surface area contributed by atoms with Gasteiger partial charge in [0.05, 0.1) is 5.69 Å². The number of carbonyl (C=O) groups is 1. The van der Waals surface area contributed by atoms with Gasteiger partial charge in [-0.25, -0.2) is 13.6 Å². The molecule has 0 spiro atoms. The van der Waals surface area contributed by atoms with Crippen LogP contribution in [0.5, 0.6) is 17.5 Å². The van der Waals surface area contributed by atoms with Crippen LogP contribution in [0.2, 0.25) is 0 Å². The molecule has 4 rings (SSSR count). The third-order valence-electron chi connectivity index (χ3n) is 5.70. The minimum absolute atomic E-state index is 0.0503. The average molecular weight is 510 g/mol. The lowest BCUT2D eigenvalue weighted by molar-refractivity contribution is -0.145. The van der Waals surface area contributed by atoms with Gasteiger partial charge in [-0.3, -0.25) is 0 Å². The molecule has 192 valence electrons. The monoisotopic (exact) mass is 509 g/mol. The van der Waals surface area contributed by atoms with Crippen LogP contribution in [0.15, 0.2) is 53.1 Å². The van der Waals surface area contributed by atoms with E-state index >= 15 is 0 Å². The second-order valence-electron chi connectivity index (χ2n) is 8.37. The van der Waals surface area contributed by atoms with Crippen LogP contribution in [-0.4, -0.2) is 27.3 Å². The molecular weight excluding hydrogens is 484 g/mol. The first-order valence-corrected chi connectivity index (χ1v) is 11.5. The van der Waals surface area contributed by atoms with Crippen molar-refractivity contribution in [3.8, 4) is 39.8 Å². The second-order valence-corrected chi connectivity index (χ2v) is 8.37. The quantitative estimate of drug-likeness (QED) is 0.291. The van der Waals surface area contributed by atoms with Crippen molar-refractivity contribution in [2.24, 2.45) is 5.73 Å². The Morgan fingerprint density at radius 3 is 2.43 bits per heavy atom. The summed E-state index contributed by atoms with van der Waals surface area (Å²) in [6.07, 6.45) is -1.31. The lowest BCUT2D eigenvalue weighted by atomic mass is 9.96. The summed E-state index contributed by atoms with van der Waals surface area (Å²) < 4.78 is 45.2. The molecule has 0 saturated carbocycles. The molecule has 0 aliphatic heterocycles. The molecule has 4 aromatic rings. The number of carboxylic acid groups (broad SMARTS) is 1. The standard InChI is InChI=1S/C27H25F2N3O5/c1-4-23(27(33)34)36-26-22(29)12-21(28)25(31-26)35-20-10-18(17-7-5-6-16(8-17)13-30)9-19(11-20)24-14(2)32-37-15(24)3/h5-12,23H,4,13,30H2,1-3H3,(H,33,34)/t23-/m1/s1. The van der Waals surface area contributed by atoms with Gasteiger partial charge in [-0.2, -0.15) is 4.98 Å². The normalized spacial score (nSPS) is 11.8. The number of pyridine rings is 1. The maximum absolute atomic E-state index is 14.7. The fourth-order valence-corrected chi connectivity index (χ4v) is 3.88. The van der Waals surface area contributed by atoms with Gasteiger partial charge in [0.2, 0.25) is 0 Å². The van der Waals surface area contributed by atoms with E-state index in [1.165, 1.54) is 0 Å². The summed E-state index contributed by atoms with van der Waals surface area (Å²) in [7, 11) is 0. The van der Waals surface area contributed by atoms with Crippen LogP contribution < -0.4 is 15.2 Å². The molecule has 0 saturated heterocycles. The fourth-order valence-electron chi connectivity index (χ4n) is 3.88. The molecule has 2 aromatic heterocycles. The number of halogens is 2. The van der Waals surface area contributed by atoms with Crippen molar-refractivity contribution < 1.29 is 32.7 Å². The number of hydrogen-bond donors (Lipinski definition) is 2. The SMILES string of the molecule is CC[C@@H](Oc1nc(Oc2cc(-c3cccc(CN)c3)cc(-c3c(C)noc3C)c2)c(F)cc1F)C(=O)O. The highest BCUT2D eigenvalue weighted by molar-refractivity contribution is 5.77. The minimum Gasteiger partial charge on any atom is -0.479 e. The van der Waals surface area contributed by atoms with Crippen LogP contribution in [0.4, 0.5) is 8.78 Å². The molecule has 2 heterocycles. The summed E-state index contributed by atoms with van der Waals surface area (Å²) in [5.41, 5.74) is 10.4. The predicted octanol–water partition coefficient (Wildman–Crippen LogP) is 5.79. The van der Waals surface area contributed by atoms with E-state index in [1.807, 2.05) is 30.3 Å². The summed E-state index contributed by atoms with van der Waals surface area (Å²) >= 11 is 0. The van der Waals surface area contributed by atoms with Crippen molar-refractivity contribution in [2.75, 3.05) is 0 Å². The van der Waals surface area contributed by atoms with Crippen LogP contribution in [-0.2, 0) is 11.3 Å². The van der Waals surface area contributed by atoms with Crippen molar-refractivity contribution in [3.05, 3.63) is 77.2 Å². The van der Waals surface area contributed by atoms with Gasteiger partial charge in [-0.05, 0) is 66.8 Å². The number of aliphatic carboxylic acids is 1. The van der Waals surface area contributed by atoms with E-state index in [4.69, 9.17) is 19.7 Å². The van der Waals surface area contributed by atoms with E-state index in [1.54, 1.807) is 32.9 Å². The molecule has 0 fully saturated rings. The molecule has 0 bridgehead atoms. The molecule has 0 radical (unpaired) electrons. The van der Waals surface area contributed by atoms with Crippen molar-refractivity contribution in [3.63, 3.8) is 0 Å². The molecule has 37 heavy (non-hydrogen) atoms. The van der Waals surface area contributed by atoms with Gasteiger partial charge in [0.25, 0.3) is 11.8 Å². The van der Waals surface area contributed by atoms with E-state index in [0.29, 0.717) is 29.6 Å². The van der Waals surface area contributed by atoms with Crippen molar-refractivity contribution in [1.82, 2.24) is 10.1 Å². The van der Waals surface area contributed by atoms with Crippen LogP contribution in [0.3, 0.4) is 0 Å². The Hall–Kier alpha value is -4.31. The number of ether oxygens (including phenoxy) is 2. The Kier molecular flexibility index (Phi) is 7.49. The van der Waals surface area contributed by atoms with Gasteiger partial charge < -0.3 is 24.8 Å². The largest absolute Gasteiger partial charge is 0.479 e. The third kappa shape index (κ3) is 5.59. The Labute approximate surface area is 211 Å². The summed E-state index contributed by atoms with van der Waals surface area (Å²) in [5, 5.41) is 13.2. The zero-order chi connectivity index (χ0) is 26.7. The minimum atomic E-state index is -1.36. The van der Waals surface area contributed by atoms with Crippen molar-refractivity contribution in [1.29, 1.82) is 0 Å². The topological polar surface area (TPSA) is 121 Å². The van der Waals surface area contributed by atoms with Crippen LogP contribution in [0, 0.1) is 25.5 Å². The van der Waals surface area contributed by atoms with E-state index in [-0.39, 0.29) is 12.2 Å². The molecule has 3 N–H and O–H groups in total. The summed E-state index contributed by atoms with van der Waals surface area (Å²) in [4.78, 5) is 15.1. The Balaban J connectivity index is 1.80. The smallest absolute Gasteiger partial charge is 0.344 e. The number of benzene rings is 2. The van der Waals surface area contributed by atoms with E-state index in [2.05, 4.69) is 10.1 Å². The molecule has 8 nitrogen and oxygen atoms in total. The highest BCUT2D eigenvalue weighted by atomic mass is 19.1. The lowest BCUT2D eigenvalue weighted by Crippen LogP contribution is -2.26. The number of aromatic nitrogens is 2. The van der Waals surface area contributed by atoms with Gasteiger partial charge in [0, 0.05) is 18.2 Å². The van der Waals surface area contributed by atoms with Crippen LogP contribution >= 0.6 is 0 Å². The maximum atomic E-state index is 14.7. The molecule has 2 aromatic carbocycles. The first-order valence-electron chi connectivity index (χ1n) is 11.5. The molecular formula is C27H25F2N3O5. The molecule has 1 atom stereocenters. The Morgan fingerprint density at radius 2 is 1.78 bits per heavy atom. The summed E-state index contributed by atoms with van der Waals surface area (Å²) in [5.74, 6) is -4.00. The highest BCUT2D eigenvalue weighted by Crippen LogP contribution is 2.37. The summed E-state index contributed by atoms with van der Waals surface area (Å²) in [6, 6.07) is 13.4. The predicted molar refractivity (Wildman–Crippen MR) is 131 cm³/mol. The van der Waals surface area contributed by atoms with Gasteiger partial charge in [-0.1, -0.05) is 30.3 Å². The molecule has 0 aliphatic carbocycles. The molecule has 0 unspecified atom stereocenters. The zero-order valence-corrected chi connectivity index (χ0v) is 20.4. The first-order chi connectivity index (χ1) is 17.7. The van der Waals surface area contributed by atoms with Gasteiger partial charge >= 0.3 is 5.97 Å². The Bertz CT molecular complexity index is 1430. The van der Waals surface area contributed by atoms with E-state index in [0.717, 1.165) is 22.3 Å². The molecule has 10 heteroatoms. The van der Waals surface area contributed by atoms with E-state index in [9.17, 15) is 18.7 Å². The summed E-state index contributed by atoms with van der Waals surface area (Å²) in [6.45, 7) is 5.48. The second kappa shape index (κ2) is 10.8. The fraction of sp³-hybridized carbons (Fsp3) is 0.222. The molecule has 0 aliphatic rings. The average Bonchev–Trinajstić information content (AvgIpc) is 3.22. The zero-order valence-electron chi connectivity index (χ0n) is 20.4. The maximum Gasteiger partial charge on any atom is 0.344 e. The number of rotatable bonds is 9. The van der Waals surface area contributed by atoms with E-state index < -0.39 is 35.5 Å². The highest BCUT2D eigenvalue weighted by Gasteiger charge is 2.23. The number of aryl methyl sites for hydroxylation is 2.